The predicted molar refractivity (Wildman–Crippen MR) is 136 cm³/mol. The average Bonchev–Trinajstić information content (AvgIpc) is 3.44. The van der Waals surface area contributed by atoms with Crippen molar-refractivity contribution in [3.05, 3.63) is 87.5 Å². The lowest BCUT2D eigenvalue weighted by Gasteiger charge is -2.11. The Kier molecular flexibility index (Phi) is 5.85. The maximum Gasteiger partial charge on any atom is 0.263 e. The molecule has 0 fully saturated rings. The average molecular weight is 484 g/mol. The Hall–Kier alpha value is -4.73. The third kappa shape index (κ3) is 4.36. The number of benzene rings is 2. The van der Waals surface area contributed by atoms with Gasteiger partial charge in [0.25, 0.3) is 11.5 Å². The molecule has 5 rings (SSSR count). The molecule has 2 aromatic carbocycles. The largest absolute Gasteiger partial charge is 0.483 e. The Morgan fingerprint density at radius 1 is 1.00 bits per heavy atom. The second-order valence-electron chi connectivity index (χ2n) is 8.64. The highest BCUT2D eigenvalue weighted by molar-refractivity contribution is 5.91. The molecule has 0 unspecified atom stereocenters. The summed E-state index contributed by atoms with van der Waals surface area (Å²) in [4.78, 5) is 32.9. The minimum atomic E-state index is -0.372. The van der Waals surface area contributed by atoms with Crippen LogP contribution in [-0.2, 0) is 4.79 Å². The molecule has 1 amide bonds. The Bertz CT molecular complexity index is 1660. The van der Waals surface area contributed by atoms with Crippen LogP contribution < -0.4 is 15.6 Å². The van der Waals surface area contributed by atoms with Crippen molar-refractivity contribution in [2.75, 3.05) is 11.9 Å². The number of nitrogens with zero attached hydrogens (tertiary/aromatic N) is 5. The Labute approximate surface area is 206 Å². The van der Waals surface area contributed by atoms with Gasteiger partial charge in [-0.1, -0.05) is 24.3 Å². The summed E-state index contributed by atoms with van der Waals surface area (Å²) in [7, 11) is 0. The molecule has 10 nitrogen and oxygen atoms in total. The molecular formula is C26H25N7O3. The number of ether oxygens (including phenoxy) is 1. The van der Waals surface area contributed by atoms with E-state index < -0.39 is 0 Å². The van der Waals surface area contributed by atoms with Gasteiger partial charge in [0.15, 0.2) is 12.3 Å². The molecule has 5 aromatic rings. The predicted octanol–water partition coefficient (Wildman–Crippen LogP) is 3.55. The quantitative estimate of drug-likeness (QED) is 0.381. The van der Waals surface area contributed by atoms with Crippen LogP contribution in [-0.4, -0.2) is 42.0 Å². The van der Waals surface area contributed by atoms with Crippen molar-refractivity contribution in [1.29, 1.82) is 0 Å². The molecule has 3 aromatic heterocycles. The van der Waals surface area contributed by atoms with Gasteiger partial charge >= 0.3 is 0 Å². The van der Waals surface area contributed by atoms with Crippen LogP contribution in [0.1, 0.15) is 22.4 Å². The zero-order chi connectivity index (χ0) is 25.4. The SMILES string of the molecule is Cc1cc(NC(=O)COc2ccccc2C)n(-c2nc3c(cnn3-c3ccc(C)c(C)c3)c(=O)[nH]2)n1. The van der Waals surface area contributed by atoms with E-state index in [1.807, 2.05) is 57.2 Å². The third-order valence-corrected chi connectivity index (χ3v) is 5.91. The van der Waals surface area contributed by atoms with Crippen molar-refractivity contribution in [2.45, 2.75) is 27.7 Å². The molecule has 0 aliphatic rings. The van der Waals surface area contributed by atoms with E-state index in [-0.39, 0.29) is 24.0 Å². The van der Waals surface area contributed by atoms with Gasteiger partial charge in [0.1, 0.15) is 17.0 Å². The monoisotopic (exact) mass is 483 g/mol. The second kappa shape index (κ2) is 9.14. The molecule has 3 heterocycles. The van der Waals surface area contributed by atoms with Crippen molar-refractivity contribution >= 4 is 22.8 Å². The normalized spacial score (nSPS) is 11.1. The molecule has 0 saturated heterocycles. The smallest absolute Gasteiger partial charge is 0.263 e. The highest BCUT2D eigenvalue weighted by atomic mass is 16.5. The highest BCUT2D eigenvalue weighted by Crippen LogP contribution is 2.20. The molecule has 0 bridgehead atoms. The van der Waals surface area contributed by atoms with Crippen LogP contribution in [0.5, 0.6) is 5.75 Å². The molecule has 0 radical (unpaired) electrons. The number of anilines is 1. The van der Waals surface area contributed by atoms with Gasteiger partial charge < -0.3 is 10.1 Å². The van der Waals surface area contributed by atoms with Gasteiger partial charge in [-0.25, -0.2) is 4.68 Å². The molecule has 0 spiro atoms. The molecule has 182 valence electrons. The lowest BCUT2D eigenvalue weighted by Crippen LogP contribution is -2.23. The fourth-order valence-corrected chi connectivity index (χ4v) is 3.84. The topological polar surface area (TPSA) is 120 Å². The number of carbonyl (C=O) groups excluding carboxylic acids is 1. The van der Waals surface area contributed by atoms with E-state index in [0.717, 1.165) is 22.4 Å². The molecule has 0 saturated carbocycles. The number of aromatic amines is 1. The zero-order valence-corrected chi connectivity index (χ0v) is 20.4. The van der Waals surface area contributed by atoms with Crippen molar-refractivity contribution < 1.29 is 9.53 Å². The molecule has 10 heteroatoms. The van der Waals surface area contributed by atoms with E-state index in [4.69, 9.17) is 4.74 Å². The molecular weight excluding hydrogens is 458 g/mol. The van der Waals surface area contributed by atoms with Crippen LogP contribution in [0.3, 0.4) is 0 Å². The minimum absolute atomic E-state index is 0.154. The van der Waals surface area contributed by atoms with E-state index >= 15 is 0 Å². The van der Waals surface area contributed by atoms with Crippen LogP contribution in [0, 0.1) is 27.7 Å². The van der Waals surface area contributed by atoms with Crippen LogP contribution in [0.15, 0.2) is 59.5 Å². The van der Waals surface area contributed by atoms with E-state index in [9.17, 15) is 9.59 Å². The minimum Gasteiger partial charge on any atom is -0.483 e. The number of rotatable bonds is 6. The third-order valence-electron chi connectivity index (χ3n) is 5.91. The first kappa shape index (κ1) is 23.0. The van der Waals surface area contributed by atoms with Crippen molar-refractivity contribution in [3.8, 4) is 17.4 Å². The number of aryl methyl sites for hydroxylation is 4. The number of aromatic nitrogens is 6. The molecule has 0 atom stereocenters. The molecule has 2 N–H and O–H groups in total. The lowest BCUT2D eigenvalue weighted by atomic mass is 10.1. The summed E-state index contributed by atoms with van der Waals surface area (Å²) in [5.74, 6) is 0.767. The van der Waals surface area contributed by atoms with Gasteiger partial charge in [-0.15, -0.1) is 0 Å². The van der Waals surface area contributed by atoms with Gasteiger partial charge in [0.2, 0.25) is 5.95 Å². The summed E-state index contributed by atoms with van der Waals surface area (Å²) in [6, 6.07) is 15.1. The van der Waals surface area contributed by atoms with Crippen LogP contribution >= 0.6 is 0 Å². The van der Waals surface area contributed by atoms with E-state index in [1.165, 1.54) is 10.9 Å². The Morgan fingerprint density at radius 3 is 2.58 bits per heavy atom. The number of H-pyrrole nitrogens is 1. The first-order chi connectivity index (χ1) is 17.3. The zero-order valence-electron chi connectivity index (χ0n) is 20.4. The number of amides is 1. The number of carbonyl (C=O) groups is 1. The van der Waals surface area contributed by atoms with Gasteiger partial charge in [-0.3, -0.25) is 14.6 Å². The molecule has 36 heavy (non-hydrogen) atoms. The lowest BCUT2D eigenvalue weighted by molar-refractivity contribution is -0.118. The first-order valence-electron chi connectivity index (χ1n) is 11.4. The Morgan fingerprint density at radius 2 is 1.81 bits per heavy atom. The number of fused-ring (bicyclic) bond motifs is 1. The standard InChI is InChI=1S/C26H25N7O3/c1-15-9-10-19(11-17(15)3)32-24-20(13-27-32)25(35)30-26(29-24)33-22(12-18(4)31-33)28-23(34)14-36-21-8-6-5-7-16(21)2/h5-13H,14H2,1-4H3,(H,28,34)(H,29,30,35). The summed E-state index contributed by atoms with van der Waals surface area (Å²) in [5.41, 5.74) is 4.62. The van der Waals surface area contributed by atoms with E-state index in [1.54, 1.807) is 23.7 Å². The summed E-state index contributed by atoms with van der Waals surface area (Å²) in [6.45, 7) is 7.56. The van der Waals surface area contributed by atoms with Gasteiger partial charge in [-0.2, -0.15) is 19.9 Å². The fraction of sp³-hybridized carbons (Fsp3) is 0.192. The van der Waals surface area contributed by atoms with Crippen molar-refractivity contribution in [1.82, 2.24) is 29.5 Å². The van der Waals surface area contributed by atoms with Gasteiger partial charge in [0.05, 0.1) is 17.6 Å². The summed E-state index contributed by atoms with van der Waals surface area (Å²) < 4.78 is 8.65. The van der Waals surface area contributed by atoms with E-state index in [0.29, 0.717) is 28.3 Å². The summed E-state index contributed by atoms with van der Waals surface area (Å²) in [6.07, 6.45) is 1.49. The van der Waals surface area contributed by atoms with Gasteiger partial charge in [0, 0.05) is 6.07 Å². The maximum absolute atomic E-state index is 12.9. The highest BCUT2D eigenvalue weighted by Gasteiger charge is 2.17. The van der Waals surface area contributed by atoms with Crippen molar-refractivity contribution in [2.24, 2.45) is 0 Å². The van der Waals surface area contributed by atoms with Gasteiger partial charge in [-0.05, 0) is 62.6 Å². The van der Waals surface area contributed by atoms with Crippen molar-refractivity contribution in [3.63, 3.8) is 0 Å². The number of para-hydroxylation sites is 1. The number of hydrogen-bond donors (Lipinski definition) is 2. The molecule has 0 aliphatic heterocycles. The summed E-state index contributed by atoms with van der Waals surface area (Å²) in [5, 5.41) is 12.0. The fourth-order valence-electron chi connectivity index (χ4n) is 3.84. The summed E-state index contributed by atoms with van der Waals surface area (Å²) >= 11 is 0. The molecule has 0 aliphatic carbocycles. The van der Waals surface area contributed by atoms with Crippen LogP contribution in [0.4, 0.5) is 5.82 Å². The Balaban J connectivity index is 1.47. The maximum atomic E-state index is 12.9. The first-order valence-corrected chi connectivity index (χ1v) is 11.4. The van der Waals surface area contributed by atoms with E-state index in [2.05, 4.69) is 25.5 Å². The van der Waals surface area contributed by atoms with Crippen LogP contribution in [0.25, 0.3) is 22.7 Å². The second-order valence-corrected chi connectivity index (χ2v) is 8.64. The number of nitrogens with one attached hydrogen (secondary N) is 2. The van der Waals surface area contributed by atoms with Crippen LogP contribution in [0.2, 0.25) is 0 Å². The number of hydrogen-bond acceptors (Lipinski definition) is 6.